The summed E-state index contributed by atoms with van der Waals surface area (Å²) in [6, 6.07) is 7.93. The molecule has 2 aliphatic rings. The van der Waals surface area contributed by atoms with Gasteiger partial charge < -0.3 is 9.42 Å². The minimum absolute atomic E-state index is 0.0905. The lowest BCUT2D eigenvalue weighted by molar-refractivity contribution is 0.0667. The minimum Gasteiger partial charge on any atom is -0.350 e. The van der Waals surface area contributed by atoms with Gasteiger partial charge in [0, 0.05) is 24.2 Å². The Kier molecular flexibility index (Phi) is 3.53. The fourth-order valence-corrected chi connectivity index (χ4v) is 4.97. The third-order valence-electron chi connectivity index (χ3n) is 5.54. The topological polar surface area (TPSA) is 46.3 Å². The van der Waals surface area contributed by atoms with Gasteiger partial charge in [0.1, 0.15) is 11.5 Å². The summed E-state index contributed by atoms with van der Waals surface area (Å²) in [7, 11) is 0. The Bertz CT molecular complexity index is 811. The standard InChI is InChI=1S/C20H23FN2O2/c1-19(2)9-15-10-20(3,11-19)12-23(15)18(24)17-8-16(22-25-17)13-4-6-14(21)7-5-13/h4-8,15H,9-12H2,1-3H3. The second-order valence-electron chi connectivity index (χ2n) is 8.73. The van der Waals surface area contributed by atoms with Crippen molar-refractivity contribution >= 4 is 5.91 Å². The molecule has 4 nitrogen and oxygen atoms in total. The third-order valence-corrected chi connectivity index (χ3v) is 5.54. The lowest BCUT2D eigenvalue weighted by Gasteiger charge is -2.39. The predicted molar refractivity (Wildman–Crippen MR) is 92.5 cm³/mol. The van der Waals surface area contributed by atoms with Gasteiger partial charge in [0.25, 0.3) is 5.91 Å². The van der Waals surface area contributed by atoms with E-state index in [2.05, 4.69) is 25.9 Å². The molecule has 1 aliphatic heterocycles. The highest BCUT2D eigenvalue weighted by Crippen LogP contribution is 2.52. The van der Waals surface area contributed by atoms with Crippen LogP contribution in [0, 0.1) is 16.6 Å². The number of likely N-dealkylation sites (tertiary alicyclic amines) is 1. The molecule has 2 atom stereocenters. The van der Waals surface area contributed by atoms with Gasteiger partial charge in [-0.05, 0) is 54.4 Å². The summed E-state index contributed by atoms with van der Waals surface area (Å²) in [5.74, 6) is -0.135. The number of aromatic nitrogens is 1. The van der Waals surface area contributed by atoms with Crippen molar-refractivity contribution < 1.29 is 13.7 Å². The summed E-state index contributed by atoms with van der Waals surface area (Å²) in [5.41, 5.74) is 1.73. The monoisotopic (exact) mass is 342 g/mol. The number of halogens is 1. The molecule has 25 heavy (non-hydrogen) atoms. The molecule has 2 aromatic rings. The quantitative estimate of drug-likeness (QED) is 0.806. The second-order valence-corrected chi connectivity index (χ2v) is 8.73. The van der Waals surface area contributed by atoms with Gasteiger partial charge in [-0.3, -0.25) is 4.79 Å². The predicted octanol–water partition coefficient (Wildman–Crippen LogP) is 4.52. The molecule has 1 saturated heterocycles. The summed E-state index contributed by atoms with van der Waals surface area (Å²) in [5, 5.41) is 4.00. The van der Waals surface area contributed by atoms with Crippen molar-refractivity contribution in [2.24, 2.45) is 10.8 Å². The van der Waals surface area contributed by atoms with E-state index in [-0.39, 0.29) is 34.4 Å². The van der Waals surface area contributed by atoms with Gasteiger partial charge >= 0.3 is 0 Å². The summed E-state index contributed by atoms with van der Waals surface area (Å²) in [6.07, 6.45) is 3.21. The Hall–Kier alpha value is -2.17. The third kappa shape index (κ3) is 2.96. The number of fused-ring (bicyclic) bond motifs is 2. The lowest BCUT2D eigenvalue weighted by Crippen LogP contribution is -2.37. The van der Waals surface area contributed by atoms with Crippen LogP contribution in [0.3, 0.4) is 0 Å². The molecule has 2 unspecified atom stereocenters. The van der Waals surface area contributed by atoms with Crippen LogP contribution >= 0.6 is 0 Å². The van der Waals surface area contributed by atoms with Crippen molar-refractivity contribution in [2.45, 2.75) is 46.1 Å². The van der Waals surface area contributed by atoms with Gasteiger partial charge in [0.2, 0.25) is 5.76 Å². The van der Waals surface area contributed by atoms with Crippen molar-refractivity contribution in [1.82, 2.24) is 10.1 Å². The van der Waals surface area contributed by atoms with Gasteiger partial charge in [0.05, 0.1) is 0 Å². The van der Waals surface area contributed by atoms with Crippen LogP contribution in [0.4, 0.5) is 4.39 Å². The van der Waals surface area contributed by atoms with Crippen LogP contribution in [-0.2, 0) is 0 Å². The first-order valence-electron chi connectivity index (χ1n) is 8.78. The summed E-state index contributed by atoms with van der Waals surface area (Å²) in [6.45, 7) is 7.62. The maximum absolute atomic E-state index is 13.1. The first-order valence-corrected chi connectivity index (χ1v) is 8.78. The zero-order chi connectivity index (χ0) is 17.8. The number of hydrogen-bond donors (Lipinski definition) is 0. The van der Waals surface area contributed by atoms with E-state index in [0.717, 1.165) is 31.4 Å². The molecule has 0 spiro atoms. The smallest absolute Gasteiger partial charge is 0.292 e. The molecule has 2 bridgehead atoms. The van der Waals surface area contributed by atoms with Crippen LogP contribution in [0.5, 0.6) is 0 Å². The van der Waals surface area contributed by atoms with Crippen molar-refractivity contribution in [3.05, 3.63) is 41.9 Å². The van der Waals surface area contributed by atoms with E-state index >= 15 is 0 Å². The number of carbonyl (C=O) groups excluding carboxylic acids is 1. The molecular weight excluding hydrogens is 319 g/mol. The number of amides is 1. The van der Waals surface area contributed by atoms with Crippen molar-refractivity contribution in [3.8, 4) is 11.3 Å². The first-order chi connectivity index (χ1) is 11.7. The molecule has 1 saturated carbocycles. The van der Waals surface area contributed by atoms with Crippen molar-refractivity contribution in [2.75, 3.05) is 6.54 Å². The molecule has 2 heterocycles. The Morgan fingerprint density at radius 1 is 1.24 bits per heavy atom. The van der Waals surface area contributed by atoms with Gasteiger partial charge in [-0.1, -0.05) is 25.9 Å². The molecule has 132 valence electrons. The zero-order valence-corrected chi connectivity index (χ0v) is 14.9. The van der Waals surface area contributed by atoms with E-state index in [1.54, 1.807) is 18.2 Å². The van der Waals surface area contributed by atoms with E-state index in [9.17, 15) is 9.18 Å². The summed E-state index contributed by atoms with van der Waals surface area (Å²) >= 11 is 0. The molecular formula is C20H23FN2O2. The zero-order valence-electron chi connectivity index (χ0n) is 14.9. The Morgan fingerprint density at radius 3 is 2.68 bits per heavy atom. The molecule has 1 aliphatic carbocycles. The van der Waals surface area contributed by atoms with Gasteiger partial charge in [-0.25, -0.2) is 4.39 Å². The minimum atomic E-state index is -0.302. The Balaban J connectivity index is 1.57. The molecule has 1 aromatic carbocycles. The van der Waals surface area contributed by atoms with Crippen LogP contribution in [0.1, 0.15) is 50.6 Å². The molecule has 0 N–H and O–H groups in total. The second kappa shape index (κ2) is 5.41. The maximum atomic E-state index is 13.1. The lowest BCUT2D eigenvalue weighted by atomic mass is 9.65. The van der Waals surface area contributed by atoms with Crippen molar-refractivity contribution in [1.29, 1.82) is 0 Å². The van der Waals surface area contributed by atoms with Gasteiger partial charge in [0.15, 0.2) is 0 Å². The summed E-state index contributed by atoms with van der Waals surface area (Å²) in [4.78, 5) is 14.9. The van der Waals surface area contributed by atoms with E-state index in [1.807, 2.05) is 4.90 Å². The van der Waals surface area contributed by atoms with Gasteiger partial charge in [-0.2, -0.15) is 0 Å². The number of carbonyl (C=O) groups is 1. The molecule has 0 radical (unpaired) electrons. The fourth-order valence-electron chi connectivity index (χ4n) is 4.97. The van der Waals surface area contributed by atoms with Crippen LogP contribution in [0.25, 0.3) is 11.3 Å². The van der Waals surface area contributed by atoms with Crippen LogP contribution < -0.4 is 0 Å². The van der Waals surface area contributed by atoms with E-state index in [0.29, 0.717) is 5.69 Å². The molecule has 5 heteroatoms. The number of rotatable bonds is 2. The SMILES string of the molecule is CC1(C)CC2CC(C)(CN2C(=O)c2cc(-c3ccc(F)cc3)no2)C1. The van der Waals surface area contributed by atoms with Crippen LogP contribution in [0.2, 0.25) is 0 Å². The van der Waals surface area contributed by atoms with Crippen LogP contribution in [-0.4, -0.2) is 28.6 Å². The molecule has 1 amide bonds. The van der Waals surface area contributed by atoms with Crippen molar-refractivity contribution in [3.63, 3.8) is 0 Å². The largest absolute Gasteiger partial charge is 0.350 e. The highest BCUT2D eigenvalue weighted by Gasteiger charge is 2.51. The first kappa shape index (κ1) is 16.3. The average Bonchev–Trinajstić information content (AvgIpc) is 3.09. The molecule has 1 aromatic heterocycles. The summed E-state index contributed by atoms with van der Waals surface area (Å²) < 4.78 is 18.4. The Labute approximate surface area is 147 Å². The Morgan fingerprint density at radius 2 is 1.96 bits per heavy atom. The fraction of sp³-hybridized carbons (Fsp3) is 0.500. The maximum Gasteiger partial charge on any atom is 0.292 e. The van der Waals surface area contributed by atoms with E-state index < -0.39 is 0 Å². The molecule has 4 rings (SSSR count). The highest BCUT2D eigenvalue weighted by molar-refractivity contribution is 5.93. The van der Waals surface area contributed by atoms with E-state index in [4.69, 9.17) is 4.52 Å². The van der Waals surface area contributed by atoms with E-state index in [1.165, 1.54) is 12.1 Å². The number of nitrogens with zero attached hydrogens (tertiary/aromatic N) is 2. The number of hydrogen-bond acceptors (Lipinski definition) is 3. The van der Waals surface area contributed by atoms with Crippen LogP contribution in [0.15, 0.2) is 34.9 Å². The highest BCUT2D eigenvalue weighted by atomic mass is 19.1. The number of benzene rings is 1. The normalized spacial score (nSPS) is 27.5. The average molecular weight is 342 g/mol. The van der Waals surface area contributed by atoms with Gasteiger partial charge in [-0.15, -0.1) is 0 Å². The molecule has 2 fully saturated rings.